The molecule has 7 heteroatoms. The Bertz CT molecular complexity index is 933. The number of amides is 1. The van der Waals surface area contributed by atoms with E-state index in [2.05, 4.69) is 10.4 Å². The minimum absolute atomic E-state index is 0.269. The predicted molar refractivity (Wildman–Crippen MR) is 98.8 cm³/mol. The quantitative estimate of drug-likeness (QED) is 0.557. The molecule has 3 rings (SSSR count). The van der Waals surface area contributed by atoms with Crippen molar-refractivity contribution in [2.24, 2.45) is 0 Å². The molecule has 26 heavy (non-hydrogen) atoms. The van der Waals surface area contributed by atoms with Crippen molar-refractivity contribution in [3.8, 4) is 11.1 Å². The third kappa shape index (κ3) is 3.61. The molecule has 132 valence electrons. The van der Waals surface area contributed by atoms with Gasteiger partial charge < -0.3 is 15.4 Å². The summed E-state index contributed by atoms with van der Waals surface area (Å²) >= 11 is 0. The molecule has 7 nitrogen and oxygen atoms in total. The predicted octanol–water partition coefficient (Wildman–Crippen LogP) is 3.97. The van der Waals surface area contributed by atoms with Gasteiger partial charge in [-0.25, -0.2) is 0 Å². The van der Waals surface area contributed by atoms with Crippen LogP contribution in [0.5, 0.6) is 0 Å². The highest BCUT2D eigenvalue weighted by atomic mass is 16.6. The van der Waals surface area contributed by atoms with Crippen LogP contribution in [0.15, 0.2) is 60.7 Å². The first-order chi connectivity index (χ1) is 12.5. The summed E-state index contributed by atoms with van der Waals surface area (Å²) in [7, 11) is 0. The number of benzene rings is 2. The summed E-state index contributed by atoms with van der Waals surface area (Å²) < 4.78 is 1.35. The number of carbonyl (C=O) groups is 1. The van der Waals surface area contributed by atoms with Gasteiger partial charge in [-0.1, -0.05) is 42.5 Å². The molecule has 1 unspecified atom stereocenters. The second-order valence-electron chi connectivity index (χ2n) is 5.95. The third-order valence-corrected chi connectivity index (χ3v) is 4.10. The average Bonchev–Trinajstić information content (AvgIpc) is 3.04. The fourth-order valence-corrected chi connectivity index (χ4v) is 2.69. The lowest BCUT2D eigenvalue weighted by atomic mass is 10.1. The Morgan fingerprint density at radius 1 is 1.12 bits per heavy atom. The summed E-state index contributed by atoms with van der Waals surface area (Å²) in [6, 6.07) is 18.1. The molecule has 0 aliphatic carbocycles. The normalized spacial score (nSPS) is 11.8. The summed E-state index contributed by atoms with van der Waals surface area (Å²) in [5.74, 6) is -0.562. The Labute approximate surface area is 150 Å². The number of rotatable bonds is 5. The van der Waals surface area contributed by atoms with Crippen molar-refractivity contribution in [3.05, 3.63) is 76.5 Å². The molecule has 1 atom stereocenters. The van der Waals surface area contributed by atoms with Gasteiger partial charge in [-0.15, -0.1) is 0 Å². The molecule has 0 aliphatic heterocycles. The van der Waals surface area contributed by atoms with Crippen LogP contribution in [-0.4, -0.2) is 20.6 Å². The first-order valence-corrected chi connectivity index (χ1v) is 8.12. The van der Waals surface area contributed by atoms with Gasteiger partial charge in [-0.05, 0) is 42.0 Å². The molecule has 3 aromatic rings. The van der Waals surface area contributed by atoms with E-state index in [0.29, 0.717) is 11.4 Å². The van der Waals surface area contributed by atoms with Crippen LogP contribution in [0.3, 0.4) is 0 Å². The highest BCUT2D eigenvalue weighted by Crippen LogP contribution is 2.22. The van der Waals surface area contributed by atoms with Gasteiger partial charge >= 0.3 is 5.82 Å². The molecule has 1 N–H and O–H groups in total. The molecule has 0 fully saturated rings. The van der Waals surface area contributed by atoms with Crippen LogP contribution < -0.4 is 5.32 Å². The van der Waals surface area contributed by atoms with Gasteiger partial charge in [0, 0.05) is 5.69 Å². The Hall–Kier alpha value is -3.48. The average molecular weight is 350 g/mol. The van der Waals surface area contributed by atoms with Gasteiger partial charge in [0.2, 0.25) is 0 Å². The maximum atomic E-state index is 12.5. The maximum Gasteiger partial charge on any atom is 0.390 e. The highest BCUT2D eigenvalue weighted by molar-refractivity contribution is 5.93. The number of aryl methyl sites for hydroxylation is 1. The fraction of sp³-hybridized carbons (Fsp3) is 0.158. The van der Waals surface area contributed by atoms with Crippen LogP contribution in [0, 0.1) is 17.0 Å². The van der Waals surface area contributed by atoms with Gasteiger partial charge in [0.1, 0.15) is 6.04 Å². The van der Waals surface area contributed by atoms with Gasteiger partial charge in [0.15, 0.2) is 0 Å². The number of anilines is 1. The van der Waals surface area contributed by atoms with Crippen LogP contribution in [0.2, 0.25) is 0 Å². The molecule has 0 saturated carbocycles. The van der Waals surface area contributed by atoms with E-state index in [9.17, 15) is 14.9 Å². The number of carbonyl (C=O) groups excluding carboxylic acids is 1. The number of hydrogen-bond acceptors (Lipinski definition) is 4. The lowest BCUT2D eigenvalue weighted by Crippen LogP contribution is -2.25. The fourth-order valence-electron chi connectivity index (χ4n) is 2.69. The van der Waals surface area contributed by atoms with Crippen LogP contribution in [0.25, 0.3) is 11.1 Å². The van der Waals surface area contributed by atoms with Crippen molar-refractivity contribution in [2.75, 3.05) is 5.32 Å². The molecule has 0 saturated heterocycles. The lowest BCUT2D eigenvalue weighted by Gasteiger charge is -2.12. The minimum Gasteiger partial charge on any atom is -0.358 e. The lowest BCUT2D eigenvalue weighted by molar-refractivity contribution is -0.389. The van der Waals surface area contributed by atoms with Crippen molar-refractivity contribution >= 4 is 17.4 Å². The zero-order valence-corrected chi connectivity index (χ0v) is 14.4. The Kier molecular flexibility index (Phi) is 4.79. The van der Waals surface area contributed by atoms with Gasteiger partial charge in [-0.3, -0.25) is 4.79 Å². The summed E-state index contributed by atoms with van der Waals surface area (Å²) in [6.45, 7) is 3.33. The monoisotopic (exact) mass is 350 g/mol. The van der Waals surface area contributed by atoms with E-state index < -0.39 is 11.0 Å². The molecule has 1 aromatic heterocycles. The first-order valence-electron chi connectivity index (χ1n) is 8.12. The molecule has 0 aliphatic rings. The number of aromatic nitrogens is 2. The second kappa shape index (κ2) is 7.18. The van der Waals surface area contributed by atoms with Crippen LogP contribution in [0.4, 0.5) is 11.5 Å². The van der Waals surface area contributed by atoms with E-state index >= 15 is 0 Å². The van der Waals surface area contributed by atoms with Crippen LogP contribution >= 0.6 is 0 Å². The largest absolute Gasteiger partial charge is 0.390 e. The van der Waals surface area contributed by atoms with Crippen molar-refractivity contribution in [1.29, 1.82) is 0 Å². The van der Waals surface area contributed by atoms with E-state index in [0.717, 1.165) is 11.1 Å². The van der Waals surface area contributed by atoms with Gasteiger partial charge in [0.25, 0.3) is 5.91 Å². The molecular weight excluding hydrogens is 332 g/mol. The highest BCUT2D eigenvalue weighted by Gasteiger charge is 2.24. The SMILES string of the molecule is Cc1cc([N+](=O)[O-])nn1C(C)C(=O)Nc1ccc(-c2ccccc2)cc1. The Balaban J connectivity index is 1.72. The molecule has 1 heterocycles. The van der Waals surface area contributed by atoms with Crippen LogP contribution in [0.1, 0.15) is 18.7 Å². The van der Waals surface area contributed by atoms with Gasteiger partial charge in [0.05, 0.1) is 16.9 Å². The topological polar surface area (TPSA) is 90.1 Å². The Morgan fingerprint density at radius 3 is 2.31 bits per heavy atom. The van der Waals surface area contributed by atoms with E-state index in [4.69, 9.17) is 0 Å². The smallest absolute Gasteiger partial charge is 0.358 e. The molecule has 2 aromatic carbocycles. The maximum absolute atomic E-state index is 12.5. The summed E-state index contributed by atoms with van der Waals surface area (Å²) in [5, 5.41) is 17.5. The molecule has 0 bridgehead atoms. The number of nitrogens with zero attached hydrogens (tertiary/aromatic N) is 3. The van der Waals surface area contributed by atoms with E-state index in [1.165, 1.54) is 10.7 Å². The number of nitro groups is 1. The zero-order valence-electron chi connectivity index (χ0n) is 14.4. The summed E-state index contributed by atoms with van der Waals surface area (Å²) in [5.41, 5.74) is 3.35. The van der Waals surface area contributed by atoms with E-state index in [1.807, 2.05) is 54.6 Å². The van der Waals surface area contributed by atoms with Gasteiger partial charge in [-0.2, -0.15) is 4.68 Å². The minimum atomic E-state index is -0.669. The van der Waals surface area contributed by atoms with Crippen molar-refractivity contribution in [1.82, 2.24) is 9.78 Å². The third-order valence-electron chi connectivity index (χ3n) is 4.10. The van der Waals surface area contributed by atoms with Crippen molar-refractivity contribution < 1.29 is 9.72 Å². The first kappa shape index (κ1) is 17.3. The standard InChI is InChI=1S/C19H18N4O3/c1-13-12-18(23(25)26)21-22(13)14(2)19(24)20-17-10-8-16(9-11-17)15-6-4-3-5-7-15/h3-12,14H,1-2H3,(H,20,24). The molecule has 0 radical (unpaired) electrons. The molecule has 0 spiro atoms. The number of hydrogen-bond donors (Lipinski definition) is 1. The van der Waals surface area contributed by atoms with E-state index in [-0.39, 0.29) is 11.7 Å². The summed E-state index contributed by atoms with van der Waals surface area (Å²) in [4.78, 5) is 22.7. The molecular formula is C19H18N4O3. The van der Waals surface area contributed by atoms with Crippen LogP contribution in [-0.2, 0) is 4.79 Å². The van der Waals surface area contributed by atoms with E-state index in [1.54, 1.807) is 13.8 Å². The van der Waals surface area contributed by atoms with Crippen molar-refractivity contribution in [3.63, 3.8) is 0 Å². The Morgan fingerprint density at radius 2 is 1.73 bits per heavy atom. The zero-order chi connectivity index (χ0) is 18.7. The second-order valence-corrected chi connectivity index (χ2v) is 5.95. The number of nitrogens with one attached hydrogen (secondary N) is 1. The summed E-state index contributed by atoms with van der Waals surface area (Å²) in [6.07, 6.45) is 0. The molecule has 1 amide bonds. The van der Waals surface area contributed by atoms with Crippen molar-refractivity contribution in [2.45, 2.75) is 19.9 Å².